The molecule has 0 radical (unpaired) electrons. The topological polar surface area (TPSA) is 83.4 Å². The molecular weight excluding hydrogens is 398 g/mol. The molecule has 1 N–H and O–H groups in total. The number of aliphatic carboxylic acids is 1. The maximum Gasteiger partial charge on any atom is 0.306 e. The van der Waals surface area contributed by atoms with E-state index in [1.54, 1.807) is 12.4 Å². The van der Waals surface area contributed by atoms with Gasteiger partial charge in [0.05, 0.1) is 12.0 Å². The molecule has 3 aromatic rings. The summed E-state index contributed by atoms with van der Waals surface area (Å²) in [4.78, 5) is 35.6. The Morgan fingerprint density at radius 1 is 1.10 bits per heavy atom. The Morgan fingerprint density at radius 2 is 1.80 bits per heavy atom. The minimum atomic E-state index is -0.748. The number of ketones is 1. The molecule has 0 amide bonds. The highest BCUT2D eigenvalue weighted by Crippen LogP contribution is 2.26. The summed E-state index contributed by atoms with van der Waals surface area (Å²) in [7, 11) is 0. The van der Waals surface area contributed by atoms with Crippen molar-refractivity contribution < 1.29 is 14.7 Å². The minimum absolute atomic E-state index is 0.0100. The molecule has 1 aliphatic rings. The van der Waals surface area contributed by atoms with E-state index in [0.717, 1.165) is 16.1 Å². The van der Waals surface area contributed by atoms with Gasteiger partial charge < -0.3 is 5.11 Å². The van der Waals surface area contributed by atoms with Crippen LogP contribution in [0.2, 0.25) is 0 Å². The summed E-state index contributed by atoms with van der Waals surface area (Å²) < 4.78 is 0. The number of carboxylic acid groups (broad SMARTS) is 1. The lowest BCUT2D eigenvalue weighted by molar-refractivity contribution is -0.143. The Bertz CT molecular complexity index is 999. The van der Waals surface area contributed by atoms with Gasteiger partial charge in [0.2, 0.25) is 0 Å². The molecule has 1 unspecified atom stereocenters. The molecule has 0 spiro atoms. The second-order valence-electron chi connectivity index (χ2n) is 7.49. The Hall–Kier alpha value is -2.90. The maximum atomic E-state index is 13.5. The van der Waals surface area contributed by atoms with Crippen LogP contribution in [0.25, 0.3) is 10.6 Å². The average molecular weight is 422 g/mol. The van der Waals surface area contributed by atoms with Gasteiger partial charge in [0.15, 0.2) is 5.78 Å². The van der Waals surface area contributed by atoms with Crippen LogP contribution in [0.4, 0.5) is 0 Å². The summed E-state index contributed by atoms with van der Waals surface area (Å²) in [5, 5.41) is 11.9. The first-order valence-corrected chi connectivity index (χ1v) is 10.9. The van der Waals surface area contributed by atoms with Crippen LogP contribution in [-0.4, -0.2) is 50.9 Å². The van der Waals surface area contributed by atoms with E-state index in [-0.39, 0.29) is 17.7 Å². The van der Waals surface area contributed by atoms with Gasteiger partial charge in [-0.3, -0.25) is 19.5 Å². The lowest BCUT2D eigenvalue weighted by atomic mass is 9.92. The summed E-state index contributed by atoms with van der Waals surface area (Å²) in [6, 6.07) is 13.3. The van der Waals surface area contributed by atoms with Crippen LogP contribution >= 0.6 is 11.3 Å². The monoisotopic (exact) mass is 421 g/mol. The van der Waals surface area contributed by atoms with E-state index in [0.29, 0.717) is 38.0 Å². The fraction of sp³-hybridized carbons (Fsp3) is 0.304. The summed E-state index contributed by atoms with van der Waals surface area (Å²) in [6.07, 6.45) is 5.13. The number of thiazole rings is 1. The normalized spacial score (nSPS) is 16.3. The molecule has 154 valence electrons. The van der Waals surface area contributed by atoms with E-state index in [9.17, 15) is 14.7 Å². The largest absolute Gasteiger partial charge is 0.481 e. The zero-order valence-corrected chi connectivity index (χ0v) is 17.3. The van der Waals surface area contributed by atoms with Gasteiger partial charge in [-0.2, -0.15) is 0 Å². The van der Waals surface area contributed by atoms with Crippen molar-refractivity contribution in [3.8, 4) is 10.6 Å². The third kappa shape index (κ3) is 4.63. The third-order valence-electron chi connectivity index (χ3n) is 5.58. The van der Waals surface area contributed by atoms with Gasteiger partial charge in [-0.25, -0.2) is 4.98 Å². The molecule has 0 saturated carbocycles. The van der Waals surface area contributed by atoms with Crippen LogP contribution < -0.4 is 0 Å². The van der Waals surface area contributed by atoms with Gasteiger partial charge in [-0.1, -0.05) is 30.3 Å². The quantitative estimate of drug-likeness (QED) is 0.585. The number of carbonyl (C=O) groups is 2. The fourth-order valence-corrected chi connectivity index (χ4v) is 4.68. The lowest BCUT2D eigenvalue weighted by Crippen LogP contribution is -2.47. The third-order valence-corrected chi connectivity index (χ3v) is 6.47. The molecule has 0 bridgehead atoms. The highest BCUT2D eigenvalue weighted by Gasteiger charge is 2.33. The molecule has 2 aromatic heterocycles. The number of carbonyl (C=O) groups excluding carboxylic acids is 1. The van der Waals surface area contributed by atoms with Crippen molar-refractivity contribution in [3.63, 3.8) is 0 Å². The standard InChI is InChI=1S/C23H23N3O3S/c27-21(19-15-30-22(25-19)17-6-10-24-11-7-17)20(14-16-4-2-1-3-5-16)26-12-8-18(9-13-26)23(28)29/h1-7,10-11,15,18,20H,8-9,12-14H2,(H,28,29). The van der Waals surface area contributed by atoms with E-state index >= 15 is 0 Å². The smallest absolute Gasteiger partial charge is 0.306 e. The second kappa shape index (κ2) is 9.28. The van der Waals surface area contributed by atoms with Gasteiger partial charge in [-0.05, 0) is 50.0 Å². The molecule has 30 heavy (non-hydrogen) atoms. The van der Waals surface area contributed by atoms with Gasteiger partial charge >= 0.3 is 5.97 Å². The number of aromatic nitrogens is 2. The summed E-state index contributed by atoms with van der Waals surface area (Å²) in [5.74, 6) is -1.09. The number of hydrogen-bond donors (Lipinski definition) is 1. The molecule has 7 heteroatoms. The van der Waals surface area contributed by atoms with Crippen LogP contribution in [0.15, 0.2) is 60.2 Å². The maximum absolute atomic E-state index is 13.5. The number of piperidine rings is 1. The first kappa shape index (κ1) is 20.4. The van der Waals surface area contributed by atoms with Gasteiger partial charge in [0.1, 0.15) is 10.7 Å². The predicted molar refractivity (Wildman–Crippen MR) is 116 cm³/mol. The van der Waals surface area contributed by atoms with Crippen molar-refractivity contribution in [1.29, 1.82) is 0 Å². The number of benzene rings is 1. The number of hydrogen-bond acceptors (Lipinski definition) is 6. The first-order valence-electron chi connectivity index (χ1n) is 10.0. The lowest BCUT2D eigenvalue weighted by Gasteiger charge is -2.35. The molecular formula is C23H23N3O3S. The summed E-state index contributed by atoms with van der Waals surface area (Å²) in [5.41, 5.74) is 2.49. The number of rotatable bonds is 7. The van der Waals surface area contributed by atoms with Crippen LogP contribution in [-0.2, 0) is 11.2 Å². The van der Waals surface area contributed by atoms with Crippen molar-refractivity contribution in [2.45, 2.75) is 25.3 Å². The van der Waals surface area contributed by atoms with Gasteiger partial charge in [0, 0.05) is 23.3 Å². The molecule has 3 heterocycles. The van der Waals surface area contributed by atoms with E-state index in [4.69, 9.17) is 0 Å². The first-order chi connectivity index (χ1) is 14.6. The van der Waals surface area contributed by atoms with Crippen molar-refractivity contribution in [3.05, 3.63) is 71.5 Å². The Morgan fingerprint density at radius 3 is 2.47 bits per heavy atom. The zero-order valence-electron chi connectivity index (χ0n) is 16.5. The van der Waals surface area contributed by atoms with Gasteiger partial charge in [0.25, 0.3) is 0 Å². The Balaban J connectivity index is 1.57. The van der Waals surface area contributed by atoms with Crippen LogP contribution in [0, 0.1) is 5.92 Å². The number of pyridine rings is 1. The van der Waals surface area contributed by atoms with Crippen LogP contribution in [0.5, 0.6) is 0 Å². The number of likely N-dealkylation sites (tertiary alicyclic amines) is 1. The average Bonchev–Trinajstić information content (AvgIpc) is 3.29. The van der Waals surface area contributed by atoms with E-state index in [1.165, 1.54) is 11.3 Å². The molecule has 0 aliphatic carbocycles. The molecule has 1 saturated heterocycles. The molecule has 1 atom stereocenters. The number of Topliss-reactive ketones (excluding diaryl/α,β-unsaturated/α-hetero) is 1. The van der Waals surface area contributed by atoms with Gasteiger partial charge in [-0.15, -0.1) is 11.3 Å². The molecule has 4 rings (SSSR count). The van der Waals surface area contributed by atoms with E-state index in [2.05, 4.69) is 14.9 Å². The SMILES string of the molecule is O=C(O)C1CCN(C(Cc2ccccc2)C(=O)c2csc(-c3ccncc3)n2)CC1. The molecule has 1 fully saturated rings. The highest BCUT2D eigenvalue weighted by atomic mass is 32.1. The van der Waals surface area contributed by atoms with Crippen LogP contribution in [0.3, 0.4) is 0 Å². The Kier molecular flexibility index (Phi) is 6.30. The molecule has 1 aliphatic heterocycles. The van der Waals surface area contributed by atoms with Crippen molar-refractivity contribution in [1.82, 2.24) is 14.9 Å². The summed E-state index contributed by atoms with van der Waals surface area (Å²) >= 11 is 1.45. The fourth-order valence-electron chi connectivity index (χ4n) is 3.87. The predicted octanol–water partition coefficient (Wildman–Crippen LogP) is 3.80. The zero-order chi connectivity index (χ0) is 20.9. The van der Waals surface area contributed by atoms with Crippen molar-refractivity contribution in [2.24, 2.45) is 5.92 Å². The van der Waals surface area contributed by atoms with Crippen molar-refractivity contribution >= 4 is 23.1 Å². The number of nitrogens with zero attached hydrogens (tertiary/aromatic N) is 3. The molecule has 6 nitrogen and oxygen atoms in total. The Labute approximate surface area is 179 Å². The number of carboxylic acids is 1. The van der Waals surface area contributed by atoms with E-state index in [1.807, 2.05) is 47.8 Å². The minimum Gasteiger partial charge on any atom is -0.481 e. The highest BCUT2D eigenvalue weighted by molar-refractivity contribution is 7.13. The molecule has 1 aromatic carbocycles. The van der Waals surface area contributed by atoms with Crippen molar-refractivity contribution in [2.75, 3.05) is 13.1 Å². The van der Waals surface area contributed by atoms with E-state index < -0.39 is 5.97 Å². The van der Waals surface area contributed by atoms with Crippen LogP contribution in [0.1, 0.15) is 28.9 Å². The summed E-state index contributed by atoms with van der Waals surface area (Å²) in [6.45, 7) is 1.20. The second-order valence-corrected chi connectivity index (χ2v) is 8.35.